The summed E-state index contributed by atoms with van der Waals surface area (Å²) >= 11 is 2.99. The molecule has 0 aliphatic carbocycles. The van der Waals surface area contributed by atoms with Gasteiger partial charge in [0.2, 0.25) is 5.88 Å². The number of aromatic nitrogens is 1. The fourth-order valence-corrected chi connectivity index (χ4v) is 1.82. The van der Waals surface area contributed by atoms with Crippen LogP contribution in [0.15, 0.2) is 6.20 Å². The highest BCUT2D eigenvalue weighted by molar-refractivity contribution is 9.08. The third-order valence-electron chi connectivity index (χ3n) is 2.04. The summed E-state index contributed by atoms with van der Waals surface area (Å²) in [6.45, 7) is 0. The number of methoxy groups -OCH3 is 2. The predicted octanol–water partition coefficient (Wildman–Crippen LogP) is 2.67. The van der Waals surface area contributed by atoms with Crippen molar-refractivity contribution >= 4 is 21.9 Å². The number of carbonyl (C=O) groups is 1. The van der Waals surface area contributed by atoms with Gasteiger partial charge in [0.05, 0.1) is 19.8 Å². The lowest BCUT2D eigenvalue weighted by atomic mass is 10.2. The number of carbonyl (C=O) groups excluding carboxylic acids is 1. The summed E-state index contributed by atoms with van der Waals surface area (Å²) in [4.78, 5) is 14.9. The van der Waals surface area contributed by atoms with Crippen molar-refractivity contribution in [3.8, 4) is 11.6 Å². The minimum Gasteiger partial charge on any atom is -0.495 e. The molecule has 0 spiro atoms. The molecule has 106 valence electrons. The highest BCUT2D eigenvalue weighted by Crippen LogP contribution is 2.35. The summed E-state index contributed by atoms with van der Waals surface area (Å²) in [5, 5.41) is -0.0422. The van der Waals surface area contributed by atoms with Gasteiger partial charge < -0.3 is 14.2 Å². The summed E-state index contributed by atoms with van der Waals surface area (Å²) in [6.07, 6.45) is -3.99. The molecule has 5 nitrogen and oxygen atoms in total. The van der Waals surface area contributed by atoms with Gasteiger partial charge in [-0.25, -0.2) is 9.78 Å². The maximum Gasteiger partial charge on any atom is 0.574 e. The zero-order valence-corrected chi connectivity index (χ0v) is 11.5. The van der Waals surface area contributed by atoms with E-state index in [1.54, 1.807) is 0 Å². The summed E-state index contributed by atoms with van der Waals surface area (Å²) in [5.74, 6) is -1.54. The number of rotatable bonds is 4. The van der Waals surface area contributed by atoms with Crippen molar-refractivity contribution in [1.82, 2.24) is 4.98 Å². The number of nitrogens with zero attached hydrogens (tertiary/aromatic N) is 1. The van der Waals surface area contributed by atoms with E-state index < -0.39 is 18.2 Å². The lowest BCUT2D eigenvalue weighted by Crippen LogP contribution is -2.20. The molecule has 1 heterocycles. The second-order valence-corrected chi connectivity index (χ2v) is 3.72. The molecule has 0 aliphatic rings. The van der Waals surface area contributed by atoms with Crippen LogP contribution in [0.1, 0.15) is 15.9 Å². The van der Waals surface area contributed by atoms with Crippen LogP contribution in [-0.4, -0.2) is 31.5 Å². The average molecular weight is 344 g/mol. The number of pyridine rings is 1. The largest absolute Gasteiger partial charge is 0.574 e. The van der Waals surface area contributed by atoms with Crippen molar-refractivity contribution in [3.63, 3.8) is 0 Å². The monoisotopic (exact) mass is 343 g/mol. The maximum atomic E-state index is 12.2. The van der Waals surface area contributed by atoms with Gasteiger partial charge in [0.25, 0.3) is 0 Å². The van der Waals surface area contributed by atoms with Crippen LogP contribution in [0.5, 0.6) is 11.6 Å². The molecule has 1 aromatic rings. The molecule has 0 unspecified atom stereocenters. The molecule has 9 heteroatoms. The van der Waals surface area contributed by atoms with Crippen LogP contribution in [-0.2, 0) is 10.1 Å². The molecule has 1 rings (SSSR count). The summed E-state index contributed by atoms with van der Waals surface area (Å²) in [7, 11) is 2.35. The van der Waals surface area contributed by atoms with Gasteiger partial charge in [0, 0.05) is 11.5 Å². The van der Waals surface area contributed by atoms with Gasteiger partial charge >= 0.3 is 12.3 Å². The number of halogens is 4. The topological polar surface area (TPSA) is 57.7 Å². The highest BCUT2D eigenvalue weighted by Gasteiger charge is 2.34. The molecular weight excluding hydrogens is 335 g/mol. The molecule has 0 radical (unpaired) electrons. The van der Waals surface area contributed by atoms with E-state index in [-0.39, 0.29) is 22.2 Å². The first-order valence-corrected chi connectivity index (χ1v) is 5.92. The van der Waals surface area contributed by atoms with E-state index >= 15 is 0 Å². The van der Waals surface area contributed by atoms with Crippen molar-refractivity contribution < 1.29 is 32.2 Å². The Morgan fingerprint density at radius 3 is 2.47 bits per heavy atom. The Hall–Kier alpha value is -1.51. The van der Waals surface area contributed by atoms with Crippen LogP contribution in [0.2, 0.25) is 0 Å². The fourth-order valence-electron chi connectivity index (χ4n) is 1.32. The van der Waals surface area contributed by atoms with Crippen molar-refractivity contribution in [3.05, 3.63) is 17.3 Å². The van der Waals surface area contributed by atoms with Gasteiger partial charge in [-0.05, 0) is 0 Å². The minimum absolute atomic E-state index is 0.0391. The van der Waals surface area contributed by atoms with Gasteiger partial charge in [-0.15, -0.1) is 13.2 Å². The molecule has 0 saturated heterocycles. The first kappa shape index (κ1) is 15.5. The molecule has 0 aromatic carbocycles. The Kier molecular flexibility index (Phi) is 4.98. The number of esters is 1. The Labute approximate surface area is 114 Å². The van der Waals surface area contributed by atoms with E-state index in [1.807, 2.05) is 0 Å². The second-order valence-electron chi connectivity index (χ2n) is 3.16. The molecule has 0 atom stereocenters. The van der Waals surface area contributed by atoms with Gasteiger partial charge in [-0.1, -0.05) is 15.9 Å². The van der Waals surface area contributed by atoms with E-state index in [9.17, 15) is 18.0 Å². The highest BCUT2D eigenvalue weighted by atomic mass is 79.9. The Bertz CT molecular complexity index is 479. The minimum atomic E-state index is -4.89. The van der Waals surface area contributed by atoms with E-state index in [0.717, 1.165) is 13.3 Å². The summed E-state index contributed by atoms with van der Waals surface area (Å²) < 4.78 is 49.8. The van der Waals surface area contributed by atoms with Gasteiger partial charge in [-0.3, -0.25) is 0 Å². The van der Waals surface area contributed by atoms with Crippen molar-refractivity contribution in [2.24, 2.45) is 0 Å². The van der Waals surface area contributed by atoms with Crippen LogP contribution in [0.3, 0.4) is 0 Å². The Morgan fingerprint density at radius 2 is 2.05 bits per heavy atom. The third kappa shape index (κ3) is 3.72. The van der Waals surface area contributed by atoms with Crippen LogP contribution < -0.4 is 9.47 Å². The first-order valence-electron chi connectivity index (χ1n) is 4.80. The molecular formula is C10H9BrF3NO4. The van der Waals surface area contributed by atoms with Crippen LogP contribution in [0, 0.1) is 0 Å². The molecule has 1 aromatic heterocycles. The molecule has 0 fully saturated rings. The average Bonchev–Trinajstić information content (AvgIpc) is 2.35. The Balaban J connectivity index is 3.34. The molecule has 19 heavy (non-hydrogen) atoms. The van der Waals surface area contributed by atoms with E-state index in [2.05, 4.69) is 30.4 Å². The van der Waals surface area contributed by atoms with Crippen molar-refractivity contribution in [2.75, 3.05) is 14.2 Å². The standard InChI is InChI=1S/C10H9BrF3NO4/c1-17-7-5(3-11)8(19-10(12,13)14)15-4-6(7)9(16)18-2/h4H,3H2,1-2H3. The zero-order chi connectivity index (χ0) is 14.6. The number of alkyl halides is 4. The van der Waals surface area contributed by atoms with Crippen LogP contribution in [0.4, 0.5) is 13.2 Å². The third-order valence-corrected chi connectivity index (χ3v) is 2.60. The second kappa shape index (κ2) is 6.09. The zero-order valence-electron chi connectivity index (χ0n) is 9.88. The quantitative estimate of drug-likeness (QED) is 0.621. The molecule has 0 saturated carbocycles. The van der Waals surface area contributed by atoms with Crippen molar-refractivity contribution in [1.29, 1.82) is 0 Å². The first-order chi connectivity index (χ1) is 8.84. The van der Waals surface area contributed by atoms with E-state index in [0.29, 0.717) is 0 Å². The van der Waals surface area contributed by atoms with Crippen LogP contribution >= 0.6 is 15.9 Å². The van der Waals surface area contributed by atoms with E-state index in [4.69, 9.17) is 4.74 Å². The number of hydrogen-bond donors (Lipinski definition) is 0. The fraction of sp³-hybridized carbons (Fsp3) is 0.400. The smallest absolute Gasteiger partial charge is 0.495 e. The molecule has 0 bridgehead atoms. The number of hydrogen-bond acceptors (Lipinski definition) is 5. The number of ether oxygens (including phenoxy) is 3. The van der Waals surface area contributed by atoms with Crippen LogP contribution in [0.25, 0.3) is 0 Å². The molecule has 0 amide bonds. The molecule has 0 N–H and O–H groups in total. The normalized spacial score (nSPS) is 11.1. The summed E-state index contributed by atoms with van der Waals surface area (Å²) in [5.41, 5.74) is -0.128. The van der Waals surface area contributed by atoms with Gasteiger partial charge in [-0.2, -0.15) is 0 Å². The van der Waals surface area contributed by atoms with Gasteiger partial charge in [0.1, 0.15) is 11.3 Å². The SMILES string of the molecule is COC(=O)c1cnc(OC(F)(F)F)c(CBr)c1OC. The van der Waals surface area contributed by atoms with E-state index in [1.165, 1.54) is 7.11 Å². The lowest BCUT2D eigenvalue weighted by Gasteiger charge is -2.15. The summed E-state index contributed by atoms with van der Waals surface area (Å²) in [6, 6.07) is 0. The lowest BCUT2D eigenvalue weighted by molar-refractivity contribution is -0.276. The van der Waals surface area contributed by atoms with Crippen molar-refractivity contribution in [2.45, 2.75) is 11.7 Å². The predicted molar refractivity (Wildman–Crippen MR) is 61.4 cm³/mol. The van der Waals surface area contributed by atoms with Gasteiger partial charge in [0.15, 0.2) is 0 Å². The Morgan fingerprint density at radius 1 is 1.42 bits per heavy atom. The maximum absolute atomic E-state index is 12.2. The molecule has 0 aliphatic heterocycles.